The van der Waals surface area contributed by atoms with Crippen molar-refractivity contribution in [2.24, 2.45) is 41.1 Å². The molecule has 103 heavy (non-hydrogen) atoms. The fourth-order valence-corrected chi connectivity index (χ4v) is 13.1. The first-order valence-corrected chi connectivity index (χ1v) is 35.8. The predicted octanol–water partition coefficient (Wildman–Crippen LogP) is 1.17. The van der Waals surface area contributed by atoms with Gasteiger partial charge in [0.15, 0.2) is 12.3 Å². The highest BCUT2D eigenvalue weighted by Crippen LogP contribution is 2.32. The zero-order chi connectivity index (χ0) is 77.5. The molecule has 1 unspecified atom stereocenters. The molecule has 2 fully saturated rings. The standard InChI is InChI=1S/C68H108N12O22S/c1-15-38(8)53(47(98-13)33-49(82)80-32-20-24-46(80)56(99-14)39(9)59(85)72-40(10)57(102-103(95,96)97)42-21-17-16-18-22-42)78(11)65(90)51(36(4)5)77-63(89)52(37(6)7)79(12)68(94)100-34-41-25-27-43(28-26-41)73-61(87)45(23-19-31-71-67(70)93)74-62(88)50(35(2)3)76-60(86)44(69)29-30-48(81)75-64-55(84)54(83)58(101-64)66(91)92/h16-18,21-22,25-28,35-40,44-47,50-58,64,83-84H,15,19-20,23-24,29-34,69H2,1-14H3,(H,72,85)(H,73,87)(H,74,88)(H,75,81)(H,76,86)(H,77,89)(H,91,92)(H3,70,71,93)(H,95,96,97)/t38-,39+,40+,44-,45-,46-,47+,50-,51-,52-,53-,54-,55+,56+,57+,58-,64?/m0/s1. The third kappa shape index (κ3) is 25.6. The average molecular weight is 1480 g/mol. The van der Waals surface area contributed by atoms with Crippen molar-refractivity contribution in [1.82, 2.24) is 46.6 Å². The summed E-state index contributed by atoms with van der Waals surface area (Å²) >= 11 is 0. The second-order valence-corrected chi connectivity index (χ2v) is 28.3. The van der Waals surface area contributed by atoms with Crippen molar-refractivity contribution in [2.45, 2.75) is 218 Å². The molecule has 0 radical (unpaired) electrons. The Bertz CT molecular complexity index is 3300. The number of amides is 11. The number of likely N-dealkylation sites (N-methyl/N-ethyl adjacent to an activating group) is 2. The van der Waals surface area contributed by atoms with E-state index in [-0.39, 0.29) is 56.3 Å². The largest absolute Gasteiger partial charge is 0.479 e. The van der Waals surface area contributed by atoms with Gasteiger partial charge >= 0.3 is 28.5 Å². The number of carboxylic acids is 1. The quantitative estimate of drug-likeness (QED) is 0.0329. The maximum atomic E-state index is 14.9. The summed E-state index contributed by atoms with van der Waals surface area (Å²) in [5.74, 6) is -9.30. The van der Waals surface area contributed by atoms with E-state index in [1.165, 1.54) is 45.2 Å². The lowest BCUT2D eigenvalue weighted by molar-refractivity contribution is -0.155. The van der Waals surface area contributed by atoms with E-state index in [1.807, 2.05) is 13.8 Å². The first kappa shape index (κ1) is 87.2. The minimum atomic E-state index is -4.93. The second-order valence-electron chi connectivity index (χ2n) is 27.2. The van der Waals surface area contributed by atoms with Crippen LogP contribution in [-0.2, 0) is 83.3 Å². The van der Waals surface area contributed by atoms with Crippen molar-refractivity contribution < 1.29 is 104 Å². The highest BCUT2D eigenvalue weighted by Gasteiger charge is 2.48. The van der Waals surface area contributed by atoms with Crippen LogP contribution in [0.4, 0.5) is 15.3 Å². The summed E-state index contributed by atoms with van der Waals surface area (Å²) in [5, 5.41) is 47.5. The van der Waals surface area contributed by atoms with Crippen molar-refractivity contribution in [1.29, 1.82) is 0 Å². The smallest absolute Gasteiger partial charge is 0.410 e. The number of benzene rings is 2. The molecular weight excluding hydrogens is 1370 g/mol. The minimum absolute atomic E-state index is 0.0235. The molecule has 4 rings (SSSR count). The van der Waals surface area contributed by atoms with Gasteiger partial charge in [-0.25, -0.2) is 18.6 Å². The molecule has 15 N–H and O–H groups in total. The number of urea groups is 1. The van der Waals surface area contributed by atoms with Crippen LogP contribution < -0.4 is 48.7 Å². The molecule has 0 aromatic heterocycles. The van der Waals surface area contributed by atoms with Gasteiger partial charge in [0.1, 0.15) is 49.1 Å². The van der Waals surface area contributed by atoms with Crippen LogP contribution in [-0.4, -0.2) is 235 Å². The summed E-state index contributed by atoms with van der Waals surface area (Å²) in [7, 11) is 0.917. The number of carbonyl (C=O) groups is 11. The number of aliphatic hydroxyl groups is 2. The number of nitrogens with two attached hydrogens (primary N) is 2. The van der Waals surface area contributed by atoms with Gasteiger partial charge in [0.25, 0.3) is 0 Å². The van der Waals surface area contributed by atoms with Crippen LogP contribution in [0.25, 0.3) is 0 Å². The molecule has 17 atom stereocenters. The van der Waals surface area contributed by atoms with Gasteiger partial charge in [0.05, 0.1) is 48.7 Å². The van der Waals surface area contributed by atoms with Gasteiger partial charge in [-0.3, -0.25) is 47.8 Å². The monoisotopic (exact) mass is 1480 g/mol. The number of aliphatic carboxylic acids is 1. The molecule has 2 aromatic rings. The van der Waals surface area contributed by atoms with Crippen LogP contribution >= 0.6 is 0 Å². The zero-order valence-corrected chi connectivity index (χ0v) is 61.9. The van der Waals surface area contributed by atoms with Crippen LogP contribution in [0.1, 0.15) is 138 Å². The summed E-state index contributed by atoms with van der Waals surface area (Å²) in [4.78, 5) is 152. The number of ether oxygens (including phenoxy) is 4. The SMILES string of the molecule is CC[C@H](C)[C@@H]([C@@H](CC(=O)N1CCC[C@H]1[C@H](OC)[C@@H](C)C(=O)N[C@H](C)[C@@H](OS(=O)(=O)O)c1ccccc1)OC)N(C)C(=O)[C@@H](NC(=O)[C@H](C(C)C)N(C)C(=O)OCc1ccc(NC(=O)[C@H](CCCNC(N)=O)NC(=O)[C@@H](NC(=O)[C@@H](N)CCC(=O)NC2O[C@H](C(=O)O)[C@@H](O)[C@H]2O)C(C)C)cc1)C(C)C. The Balaban J connectivity index is 1.39. The number of aliphatic hydroxyl groups excluding tert-OH is 2. The maximum absolute atomic E-state index is 14.9. The van der Waals surface area contributed by atoms with E-state index in [2.05, 4.69) is 37.2 Å². The number of primary amides is 1. The first-order valence-electron chi connectivity index (χ1n) is 34.4. The summed E-state index contributed by atoms with van der Waals surface area (Å²) in [6.45, 7) is 17.3. The number of methoxy groups -OCH3 is 2. The topological polar surface area (TPSA) is 495 Å². The van der Waals surface area contributed by atoms with Gasteiger partial charge in [-0.15, -0.1) is 0 Å². The molecule has 35 heteroatoms. The van der Waals surface area contributed by atoms with Gasteiger partial charge in [0.2, 0.25) is 47.3 Å². The molecule has 34 nitrogen and oxygen atoms in total. The number of rotatable bonds is 40. The molecule has 11 amide bonds. The van der Waals surface area contributed by atoms with E-state index in [0.717, 1.165) is 4.90 Å². The Labute approximate surface area is 601 Å². The lowest BCUT2D eigenvalue weighted by atomic mass is 9.89. The number of carbonyl (C=O) groups excluding carboxylic acids is 10. The first-order chi connectivity index (χ1) is 48.3. The minimum Gasteiger partial charge on any atom is -0.479 e. The number of carboxylic acid groups (broad SMARTS) is 1. The molecule has 0 bridgehead atoms. The number of likely N-dealkylation sites (tertiary alicyclic amines) is 1. The number of nitrogens with one attached hydrogen (secondary N) is 7. The molecule has 0 aliphatic carbocycles. The Kier molecular flexibility index (Phi) is 34.5. The summed E-state index contributed by atoms with van der Waals surface area (Å²) in [6, 6.07) is 5.17. The fourth-order valence-electron chi connectivity index (χ4n) is 12.6. The lowest BCUT2D eigenvalue weighted by Gasteiger charge is -2.41. The lowest BCUT2D eigenvalue weighted by Crippen LogP contribution is -2.60. The Morgan fingerprint density at radius 2 is 1.37 bits per heavy atom. The van der Waals surface area contributed by atoms with Gasteiger partial charge in [-0.1, -0.05) is 111 Å². The van der Waals surface area contributed by atoms with E-state index in [1.54, 1.807) is 103 Å². The molecule has 2 heterocycles. The Hall–Kier alpha value is -8.16. The van der Waals surface area contributed by atoms with E-state index >= 15 is 0 Å². The highest BCUT2D eigenvalue weighted by atomic mass is 32.3. The number of hydrogen-bond donors (Lipinski definition) is 13. The number of nitrogens with zero attached hydrogens (tertiary/aromatic N) is 3. The zero-order valence-electron chi connectivity index (χ0n) is 61.1. The highest BCUT2D eigenvalue weighted by molar-refractivity contribution is 7.80. The molecule has 0 spiro atoms. The van der Waals surface area contributed by atoms with E-state index in [0.29, 0.717) is 36.9 Å². The Morgan fingerprint density at radius 3 is 1.91 bits per heavy atom. The van der Waals surface area contributed by atoms with Gasteiger partial charge < -0.3 is 92.8 Å². The summed E-state index contributed by atoms with van der Waals surface area (Å²) < 4.78 is 61.0. The van der Waals surface area contributed by atoms with Gasteiger partial charge in [-0.05, 0) is 86.0 Å². The summed E-state index contributed by atoms with van der Waals surface area (Å²) in [5.41, 5.74) is 12.4. The van der Waals surface area contributed by atoms with Gasteiger partial charge in [-0.2, -0.15) is 8.42 Å². The predicted molar refractivity (Wildman–Crippen MR) is 373 cm³/mol. The van der Waals surface area contributed by atoms with Crippen LogP contribution in [0.15, 0.2) is 54.6 Å². The van der Waals surface area contributed by atoms with Crippen LogP contribution in [0, 0.1) is 29.6 Å². The molecule has 2 saturated heterocycles. The van der Waals surface area contributed by atoms with E-state index in [4.69, 9.17) is 34.6 Å². The van der Waals surface area contributed by atoms with Crippen molar-refractivity contribution in [3.63, 3.8) is 0 Å². The maximum Gasteiger partial charge on any atom is 0.410 e. The Morgan fingerprint density at radius 1 is 0.748 bits per heavy atom. The van der Waals surface area contributed by atoms with Crippen molar-refractivity contribution in [2.75, 3.05) is 46.7 Å². The molecular formula is C68H108N12O22S. The number of anilines is 1. The van der Waals surface area contributed by atoms with E-state index < -0.39 is 191 Å². The average Bonchev–Trinajstić information content (AvgIpc) is 1.80. The molecule has 578 valence electrons. The normalized spacial score (nSPS) is 20.3. The molecule has 2 aromatic carbocycles. The molecule has 0 saturated carbocycles. The van der Waals surface area contributed by atoms with Crippen molar-refractivity contribution in [3.05, 3.63) is 65.7 Å². The third-order valence-corrected chi connectivity index (χ3v) is 19.0. The van der Waals surface area contributed by atoms with E-state index in [9.17, 15) is 81.0 Å². The van der Waals surface area contributed by atoms with Crippen molar-refractivity contribution >= 4 is 81.4 Å². The van der Waals surface area contributed by atoms with Crippen LogP contribution in [0.5, 0.6) is 0 Å². The third-order valence-electron chi connectivity index (χ3n) is 18.5. The van der Waals surface area contributed by atoms with Crippen molar-refractivity contribution in [3.8, 4) is 0 Å². The van der Waals surface area contributed by atoms with Gasteiger partial charge in [0, 0.05) is 53.5 Å². The second kappa shape index (κ2) is 40.8. The summed E-state index contributed by atoms with van der Waals surface area (Å²) in [6.07, 6.45) is -9.83. The van der Waals surface area contributed by atoms with Crippen LogP contribution in [0.2, 0.25) is 0 Å². The fraction of sp³-hybridized carbons (Fsp3) is 0.662. The molecule has 2 aliphatic rings. The van der Waals surface area contributed by atoms with Crippen LogP contribution in [0.3, 0.4) is 0 Å². The molecule has 2 aliphatic heterocycles. The number of hydrogen-bond acceptors (Lipinski definition) is 21.